The molecule has 0 aromatic heterocycles. The van der Waals surface area contributed by atoms with Crippen molar-refractivity contribution in [2.75, 3.05) is 0 Å². The molecular formula is C18H30ClNO2SSi. The summed E-state index contributed by atoms with van der Waals surface area (Å²) in [6, 6.07) is 7.58. The highest BCUT2D eigenvalue weighted by Gasteiger charge is 2.39. The van der Waals surface area contributed by atoms with Crippen molar-refractivity contribution in [2.24, 2.45) is 4.40 Å². The zero-order valence-electron chi connectivity index (χ0n) is 16.0. The molecule has 0 unspecified atom stereocenters. The number of hydrogen-bond donors (Lipinski definition) is 0. The molecule has 0 amide bonds. The van der Waals surface area contributed by atoms with Gasteiger partial charge in [0.15, 0.2) is 8.32 Å². The fourth-order valence-electron chi connectivity index (χ4n) is 1.63. The second kappa shape index (κ2) is 7.91. The van der Waals surface area contributed by atoms with Crippen LogP contribution in [0.3, 0.4) is 0 Å². The minimum absolute atomic E-state index is 0.0703. The van der Waals surface area contributed by atoms with E-state index >= 15 is 0 Å². The minimum Gasteiger partial charge on any atom is -0.591 e. The number of benzene rings is 1. The zero-order chi connectivity index (χ0) is 18.8. The number of halogens is 1. The van der Waals surface area contributed by atoms with E-state index in [2.05, 4.69) is 38.3 Å². The molecule has 3 nitrogen and oxygen atoms in total. The lowest BCUT2D eigenvalue weighted by atomic mass is 10.1. The van der Waals surface area contributed by atoms with E-state index < -0.39 is 24.4 Å². The van der Waals surface area contributed by atoms with Crippen LogP contribution in [0.25, 0.3) is 0 Å². The van der Waals surface area contributed by atoms with E-state index in [-0.39, 0.29) is 11.1 Å². The zero-order valence-corrected chi connectivity index (χ0v) is 18.6. The van der Waals surface area contributed by atoms with Gasteiger partial charge in [-0.1, -0.05) is 48.9 Å². The van der Waals surface area contributed by atoms with Gasteiger partial charge in [-0.2, -0.15) is 0 Å². The van der Waals surface area contributed by atoms with Crippen LogP contribution >= 0.6 is 11.6 Å². The van der Waals surface area contributed by atoms with E-state index in [1.165, 1.54) is 0 Å². The Morgan fingerprint density at radius 2 is 1.79 bits per heavy atom. The largest absolute Gasteiger partial charge is 0.591 e. The van der Waals surface area contributed by atoms with Crippen molar-refractivity contribution in [3.05, 3.63) is 34.9 Å². The molecule has 0 aliphatic carbocycles. The summed E-state index contributed by atoms with van der Waals surface area (Å²) in [7, 11) is -2.02. The second-order valence-corrected chi connectivity index (χ2v) is 15.6. The van der Waals surface area contributed by atoms with E-state index in [0.29, 0.717) is 5.02 Å². The third kappa shape index (κ3) is 6.19. The summed E-state index contributed by atoms with van der Waals surface area (Å²) in [5.74, 6) is 0. The summed E-state index contributed by atoms with van der Waals surface area (Å²) >= 11 is 4.82. The molecule has 0 heterocycles. The van der Waals surface area contributed by atoms with Gasteiger partial charge in [0.1, 0.15) is 22.2 Å². The molecule has 1 aromatic carbocycles. The van der Waals surface area contributed by atoms with E-state index in [1.807, 2.05) is 45.0 Å². The van der Waals surface area contributed by atoms with Crippen molar-refractivity contribution in [2.45, 2.75) is 70.5 Å². The van der Waals surface area contributed by atoms with Crippen LogP contribution in [0.1, 0.15) is 53.2 Å². The van der Waals surface area contributed by atoms with Crippen LogP contribution < -0.4 is 0 Å². The highest BCUT2D eigenvalue weighted by atomic mass is 35.5. The maximum atomic E-state index is 12.3. The van der Waals surface area contributed by atoms with E-state index in [4.69, 9.17) is 16.0 Å². The van der Waals surface area contributed by atoms with Crippen molar-refractivity contribution in [3.8, 4) is 0 Å². The predicted molar refractivity (Wildman–Crippen MR) is 109 cm³/mol. The van der Waals surface area contributed by atoms with Crippen LogP contribution in [0.4, 0.5) is 0 Å². The Kier molecular flexibility index (Phi) is 7.16. The maximum Gasteiger partial charge on any atom is 0.193 e. The number of hydrogen-bond acceptors (Lipinski definition) is 3. The van der Waals surface area contributed by atoms with Crippen molar-refractivity contribution < 1.29 is 8.98 Å². The Bertz CT molecular complexity index is 579. The molecule has 6 heteroatoms. The average molecular weight is 388 g/mol. The second-order valence-electron chi connectivity index (χ2n) is 8.47. The summed E-state index contributed by atoms with van der Waals surface area (Å²) in [6.07, 6.45) is 1.32. The first-order valence-corrected chi connectivity index (χ1v) is 12.5. The van der Waals surface area contributed by atoms with Crippen LogP contribution in [-0.4, -0.2) is 23.8 Å². The molecule has 0 aliphatic rings. The van der Waals surface area contributed by atoms with Crippen LogP contribution in [0.2, 0.25) is 23.2 Å². The molecule has 1 aromatic rings. The fraction of sp³-hybridized carbons (Fsp3) is 0.611. The molecule has 0 aliphatic heterocycles. The van der Waals surface area contributed by atoms with Crippen LogP contribution in [-0.2, 0) is 15.8 Å². The molecule has 1 rings (SSSR count). The van der Waals surface area contributed by atoms with Crippen molar-refractivity contribution in [1.29, 1.82) is 0 Å². The number of rotatable bonds is 5. The van der Waals surface area contributed by atoms with E-state index in [1.54, 1.807) is 6.21 Å². The lowest BCUT2D eigenvalue weighted by Gasteiger charge is -2.38. The molecule has 136 valence electrons. The quantitative estimate of drug-likeness (QED) is 0.356. The van der Waals surface area contributed by atoms with Crippen molar-refractivity contribution in [1.82, 2.24) is 0 Å². The summed E-state index contributed by atoms with van der Waals surface area (Å²) < 4.78 is 22.6. The molecule has 0 fully saturated rings. The van der Waals surface area contributed by atoms with Gasteiger partial charge < -0.3 is 8.98 Å². The normalized spacial score (nSPS) is 16.4. The third-order valence-corrected chi connectivity index (χ3v) is 10.3. The first-order valence-electron chi connectivity index (χ1n) is 8.13. The maximum absolute atomic E-state index is 12.3. The van der Waals surface area contributed by atoms with Gasteiger partial charge in [0.25, 0.3) is 0 Å². The molecule has 0 N–H and O–H groups in total. The molecule has 2 atom stereocenters. The molecule has 0 spiro atoms. The lowest BCUT2D eigenvalue weighted by Crippen LogP contribution is -2.42. The van der Waals surface area contributed by atoms with Crippen LogP contribution in [0.5, 0.6) is 0 Å². The molecule has 0 radical (unpaired) electrons. The summed E-state index contributed by atoms with van der Waals surface area (Å²) in [6.45, 7) is 16.7. The highest BCUT2D eigenvalue weighted by molar-refractivity contribution is 7.91. The topological polar surface area (TPSA) is 44.7 Å². The smallest absolute Gasteiger partial charge is 0.193 e. The van der Waals surface area contributed by atoms with Gasteiger partial charge in [-0.25, -0.2) is 0 Å². The van der Waals surface area contributed by atoms with Gasteiger partial charge in [0.2, 0.25) is 0 Å². The third-order valence-electron chi connectivity index (χ3n) is 4.22. The van der Waals surface area contributed by atoms with Gasteiger partial charge in [-0.05, 0) is 56.6 Å². The Labute approximate surface area is 156 Å². The van der Waals surface area contributed by atoms with Crippen LogP contribution in [0.15, 0.2) is 28.7 Å². The first-order chi connectivity index (χ1) is 10.7. The van der Waals surface area contributed by atoms with Gasteiger partial charge in [-0.15, -0.1) is 0 Å². The molecule has 0 saturated heterocycles. The van der Waals surface area contributed by atoms with Gasteiger partial charge in [0.05, 0.1) is 6.21 Å². The monoisotopic (exact) mass is 387 g/mol. The van der Waals surface area contributed by atoms with E-state index in [9.17, 15) is 4.55 Å². The molecule has 0 bridgehead atoms. The summed E-state index contributed by atoms with van der Waals surface area (Å²) in [4.78, 5) is 0. The van der Waals surface area contributed by atoms with Gasteiger partial charge in [0, 0.05) is 5.02 Å². The summed E-state index contributed by atoms with van der Waals surface area (Å²) in [5, 5.41) is 0.725. The Hall–Kier alpha value is -0.333. The lowest BCUT2D eigenvalue weighted by molar-refractivity contribution is 0.251. The highest BCUT2D eigenvalue weighted by Crippen LogP contribution is 2.39. The average Bonchev–Trinajstić information content (AvgIpc) is 2.40. The molecular weight excluding hydrogens is 358 g/mol. The van der Waals surface area contributed by atoms with Gasteiger partial charge in [-0.3, -0.25) is 0 Å². The van der Waals surface area contributed by atoms with Crippen molar-refractivity contribution >= 4 is 37.5 Å². The molecule has 0 saturated carbocycles. The minimum atomic E-state index is -2.02. The Morgan fingerprint density at radius 1 is 1.21 bits per heavy atom. The number of nitrogens with zero attached hydrogens (tertiary/aromatic N) is 1. The standard InChI is InChI=1S/C18H30ClNO2SSi/c1-17(2,3)23(21)20-13-16(14-10-9-11-15(19)12-14)22-24(7,8)18(4,5)6/h9-13,16H,1-8H3/t16-,23+/m0/s1. The van der Waals surface area contributed by atoms with Crippen molar-refractivity contribution in [3.63, 3.8) is 0 Å². The summed E-state index contributed by atoms with van der Waals surface area (Å²) in [5.41, 5.74) is 0.932. The fourth-order valence-corrected chi connectivity index (χ4v) is 3.55. The SMILES string of the molecule is CC(C)(C)[S@@+]([O-])N=C[C@H](O[Si](C)(C)C(C)(C)C)c1cccc(Cl)c1. The first kappa shape index (κ1) is 21.7. The van der Waals surface area contributed by atoms with E-state index in [0.717, 1.165) is 5.56 Å². The predicted octanol–water partition coefficient (Wildman–Crippen LogP) is 5.94. The van der Waals surface area contributed by atoms with Crippen LogP contribution in [0, 0.1) is 0 Å². The Balaban J connectivity index is 3.16. The molecule has 24 heavy (non-hydrogen) atoms. The Morgan fingerprint density at radius 3 is 2.25 bits per heavy atom. The van der Waals surface area contributed by atoms with Gasteiger partial charge >= 0.3 is 0 Å².